The Hall–Kier alpha value is -2.56. The fraction of sp³-hybridized carbons (Fsp3) is 0.222. The van der Waals surface area contributed by atoms with Crippen LogP contribution in [0, 0.1) is 0 Å². The minimum Gasteiger partial charge on any atom is -0.461 e. The minimum absolute atomic E-state index is 0.102. The van der Waals surface area contributed by atoms with Crippen LogP contribution in [0.25, 0.3) is 5.57 Å². The molecule has 2 aromatic rings. The van der Waals surface area contributed by atoms with Crippen molar-refractivity contribution in [3.8, 4) is 0 Å². The van der Waals surface area contributed by atoms with Gasteiger partial charge < -0.3 is 4.74 Å². The first-order valence-corrected chi connectivity index (χ1v) is 7.20. The van der Waals surface area contributed by atoms with Crippen molar-refractivity contribution in [2.75, 3.05) is 6.61 Å². The van der Waals surface area contributed by atoms with E-state index in [0.29, 0.717) is 11.1 Å². The van der Waals surface area contributed by atoms with E-state index in [1.165, 1.54) is 20.0 Å². The zero-order valence-electron chi connectivity index (χ0n) is 12.9. The van der Waals surface area contributed by atoms with E-state index >= 15 is 0 Å². The fourth-order valence-corrected chi connectivity index (χ4v) is 2.25. The Labute approximate surface area is 133 Å². The van der Waals surface area contributed by atoms with Gasteiger partial charge in [0.2, 0.25) is 0 Å². The standard InChI is InChI=1S/C18H17F2NO2/c1-3-23-17(22)18(19,20)13(2)16(14-8-5-4-6-9-14)15-10-7-11-21-12-15/h4-12H,3H2,1-2H3/b16-13+. The second-order valence-electron chi connectivity index (χ2n) is 4.90. The summed E-state index contributed by atoms with van der Waals surface area (Å²) in [7, 11) is 0. The summed E-state index contributed by atoms with van der Waals surface area (Å²) in [6.45, 7) is 2.63. The molecule has 1 aromatic heterocycles. The van der Waals surface area contributed by atoms with Crippen LogP contribution in [0.1, 0.15) is 25.0 Å². The maximum absolute atomic E-state index is 14.5. The van der Waals surface area contributed by atoms with Crippen molar-refractivity contribution < 1.29 is 18.3 Å². The second kappa shape index (κ2) is 7.13. The number of aromatic nitrogens is 1. The van der Waals surface area contributed by atoms with Crippen molar-refractivity contribution in [2.24, 2.45) is 0 Å². The number of benzene rings is 1. The molecule has 0 unspecified atom stereocenters. The quantitative estimate of drug-likeness (QED) is 0.779. The number of hydrogen-bond donors (Lipinski definition) is 0. The second-order valence-corrected chi connectivity index (χ2v) is 4.90. The van der Waals surface area contributed by atoms with E-state index in [9.17, 15) is 13.6 Å². The first kappa shape index (κ1) is 16.8. The molecule has 0 saturated carbocycles. The predicted octanol–water partition coefficient (Wildman–Crippen LogP) is 4.10. The third kappa shape index (κ3) is 3.62. The SMILES string of the molecule is CCOC(=O)C(F)(F)/C(C)=C(\c1ccccc1)c1cccnc1. The maximum atomic E-state index is 14.5. The summed E-state index contributed by atoms with van der Waals surface area (Å²) in [4.78, 5) is 15.6. The van der Waals surface area contributed by atoms with Gasteiger partial charge in [-0.1, -0.05) is 36.4 Å². The molecule has 0 saturated heterocycles. The van der Waals surface area contributed by atoms with Crippen LogP contribution in [0.2, 0.25) is 0 Å². The van der Waals surface area contributed by atoms with E-state index in [1.807, 2.05) is 0 Å². The number of esters is 1. The molecule has 0 spiro atoms. The third-order valence-corrected chi connectivity index (χ3v) is 3.39. The number of nitrogens with zero attached hydrogens (tertiary/aromatic N) is 1. The largest absolute Gasteiger partial charge is 0.461 e. The molecule has 0 fully saturated rings. The van der Waals surface area contributed by atoms with Crippen molar-refractivity contribution >= 4 is 11.5 Å². The normalized spacial score (nSPS) is 12.5. The average Bonchev–Trinajstić information content (AvgIpc) is 2.57. The van der Waals surface area contributed by atoms with Gasteiger partial charge >= 0.3 is 11.9 Å². The lowest BCUT2D eigenvalue weighted by atomic mass is 9.92. The van der Waals surface area contributed by atoms with E-state index in [2.05, 4.69) is 9.72 Å². The van der Waals surface area contributed by atoms with Crippen LogP contribution in [-0.2, 0) is 9.53 Å². The van der Waals surface area contributed by atoms with Gasteiger partial charge in [0.25, 0.3) is 0 Å². The summed E-state index contributed by atoms with van der Waals surface area (Å²) in [6, 6.07) is 12.1. The molecular weight excluding hydrogens is 300 g/mol. The number of alkyl halides is 2. The van der Waals surface area contributed by atoms with Gasteiger partial charge in [-0.25, -0.2) is 4.79 Å². The number of ether oxygens (including phenoxy) is 1. The molecule has 0 radical (unpaired) electrons. The van der Waals surface area contributed by atoms with Crippen LogP contribution in [0.4, 0.5) is 8.78 Å². The number of carbonyl (C=O) groups is 1. The van der Waals surface area contributed by atoms with Gasteiger partial charge in [-0.05, 0) is 31.1 Å². The number of hydrogen-bond acceptors (Lipinski definition) is 3. The van der Waals surface area contributed by atoms with E-state index in [0.717, 1.165) is 0 Å². The Kier molecular flexibility index (Phi) is 5.21. The Morgan fingerprint density at radius 2 is 1.78 bits per heavy atom. The van der Waals surface area contributed by atoms with Crippen molar-refractivity contribution in [2.45, 2.75) is 19.8 Å². The van der Waals surface area contributed by atoms with Gasteiger partial charge in [0.15, 0.2) is 0 Å². The minimum atomic E-state index is -3.71. The van der Waals surface area contributed by atoms with Gasteiger partial charge in [0.1, 0.15) is 0 Å². The monoisotopic (exact) mass is 317 g/mol. The molecule has 5 heteroatoms. The van der Waals surface area contributed by atoms with Crippen LogP contribution < -0.4 is 0 Å². The Bertz CT molecular complexity index is 656. The van der Waals surface area contributed by atoms with Gasteiger partial charge in [0, 0.05) is 23.5 Å². The van der Waals surface area contributed by atoms with Crippen molar-refractivity contribution in [3.63, 3.8) is 0 Å². The summed E-state index contributed by atoms with van der Waals surface area (Å²) in [5, 5.41) is 0. The molecule has 2 rings (SSSR count). The number of pyridine rings is 1. The molecule has 0 amide bonds. The number of halogens is 2. The van der Waals surface area contributed by atoms with E-state index in [4.69, 9.17) is 0 Å². The predicted molar refractivity (Wildman–Crippen MR) is 84.0 cm³/mol. The van der Waals surface area contributed by atoms with Gasteiger partial charge in [0.05, 0.1) is 6.61 Å². The molecule has 0 aliphatic rings. The Morgan fingerprint density at radius 1 is 1.13 bits per heavy atom. The molecule has 1 aromatic carbocycles. The van der Waals surface area contributed by atoms with Crippen molar-refractivity contribution in [1.82, 2.24) is 4.98 Å². The molecule has 1 heterocycles. The summed E-state index contributed by atoms with van der Waals surface area (Å²) >= 11 is 0. The molecule has 0 aliphatic carbocycles. The van der Waals surface area contributed by atoms with Crippen molar-refractivity contribution in [1.29, 1.82) is 0 Å². The highest BCUT2D eigenvalue weighted by Crippen LogP contribution is 2.35. The van der Waals surface area contributed by atoms with Gasteiger partial charge in [-0.2, -0.15) is 8.78 Å². The molecule has 3 nitrogen and oxygen atoms in total. The van der Waals surface area contributed by atoms with Crippen LogP contribution >= 0.6 is 0 Å². The maximum Gasteiger partial charge on any atom is 0.381 e. The Morgan fingerprint density at radius 3 is 2.35 bits per heavy atom. The molecule has 120 valence electrons. The summed E-state index contributed by atoms with van der Waals surface area (Å²) < 4.78 is 33.4. The highest BCUT2D eigenvalue weighted by molar-refractivity contribution is 5.90. The molecule has 0 atom stereocenters. The number of carbonyl (C=O) groups excluding carboxylic acids is 1. The fourth-order valence-electron chi connectivity index (χ4n) is 2.25. The van der Waals surface area contributed by atoms with E-state index in [-0.39, 0.29) is 17.8 Å². The van der Waals surface area contributed by atoms with Crippen molar-refractivity contribution in [3.05, 3.63) is 71.6 Å². The van der Waals surface area contributed by atoms with E-state index < -0.39 is 11.9 Å². The summed E-state index contributed by atoms with van der Waals surface area (Å²) in [5.74, 6) is -5.26. The lowest BCUT2D eigenvalue weighted by molar-refractivity contribution is -0.165. The van der Waals surface area contributed by atoms with Crippen LogP contribution in [-0.4, -0.2) is 23.5 Å². The highest BCUT2D eigenvalue weighted by atomic mass is 19.3. The first-order chi connectivity index (χ1) is 11.0. The summed E-state index contributed by atoms with van der Waals surface area (Å²) in [5.41, 5.74) is 1.01. The summed E-state index contributed by atoms with van der Waals surface area (Å²) in [6.07, 6.45) is 3.05. The highest BCUT2D eigenvalue weighted by Gasteiger charge is 2.44. The molecule has 0 aliphatic heterocycles. The topological polar surface area (TPSA) is 39.2 Å². The zero-order chi connectivity index (χ0) is 16.9. The van der Waals surface area contributed by atoms with Crippen LogP contribution in [0.15, 0.2) is 60.4 Å². The third-order valence-electron chi connectivity index (χ3n) is 3.39. The number of rotatable bonds is 5. The average molecular weight is 317 g/mol. The molecule has 23 heavy (non-hydrogen) atoms. The zero-order valence-corrected chi connectivity index (χ0v) is 12.9. The lowest BCUT2D eigenvalue weighted by Crippen LogP contribution is -2.32. The lowest BCUT2D eigenvalue weighted by Gasteiger charge is -2.20. The van der Waals surface area contributed by atoms with E-state index in [1.54, 1.807) is 48.7 Å². The molecular formula is C18H17F2NO2. The van der Waals surface area contributed by atoms with Crippen LogP contribution in [0.5, 0.6) is 0 Å². The Balaban J connectivity index is 2.63. The molecule has 0 bridgehead atoms. The molecule has 0 N–H and O–H groups in total. The smallest absolute Gasteiger partial charge is 0.381 e. The van der Waals surface area contributed by atoms with Crippen LogP contribution in [0.3, 0.4) is 0 Å². The first-order valence-electron chi connectivity index (χ1n) is 7.20. The van der Waals surface area contributed by atoms with Gasteiger partial charge in [-0.15, -0.1) is 0 Å². The van der Waals surface area contributed by atoms with Gasteiger partial charge in [-0.3, -0.25) is 4.98 Å².